The molecule has 1 fully saturated rings. The van der Waals surface area contributed by atoms with Crippen LogP contribution in [-0.2, 0) is 10.2 Å². The fourth-order valence-electron chi connectivity index (χ4n) is 3.06. The highest BCUT2D eigenvalue weighted by Crippen LogP contribution is 2.40. The van der Waals surface area contributed by atoms with Gasteiger partial charge in [0.15, 0.2) is 0 Å². The summed E-state index contributed by atoms with van der Waals surface area (Å²) in [5.41, 5.74) is -0.00196. The molecule has 1 aliphatic rings. The fraction of sp³-hybridized carbons (Fsp3) is 0.556. The molecule has 0 bridgehead atoms. The minimum atomic E-state index is -0.566. The number of rotatable bonds is 2. The molecular formula is C18H25N3O2. The van der Waals surface area contributed by atoms with E-state index in [0.717, 1.165) is 5.56 Å². The molecule has 1 saturated carbocycles. The zero-order valence-electron chi connectivity index (χ0n) is 14.1. The lowest BCUT2D eigenvalue weighted by molar-refractivity contribution is 0.0100. The monoisotopic (exact) mass is 315 g/mol. The molecular weight excluding hydrogens is 290 g/mol. The third-order valence-corrected chi connectivity index (χ3v) is 4.35. The van der Waals surface area contributed by atoms with Crippen molar-refractivity contribution >= 4 is 6.09 Å². The normalized spacial score (nSPS) is 24.6. The number of hydrogen-bond acceptors (Lipinski definition) is 4. The maximum Gasteiger partial charge on any atom is 0.424 e. The van der Waals surface area contributed by atoms with Crippen molar-refractivity contribution < 1.29 is 9.53 Å². The topological polar surface area (TPSA) is 79.3 Å². The summed E-state index contributed by atoms with van der Waals surface area (Å²) in [6, 6.07) is 12.3. The minimum absolute atomic E-state index is 0.0879. The summed E-state index contributed by atoms with van der Waals surface area (Å²) >= 11 is 0. The molecule has 5 nitrogen and oxygen atoms in total. The average molecular weight is 315 g/mol. The molecule has 0 unspecified atom stereocenters. The molecule has 2 rings (SSSR count). The summed E-state index contributed by atoms with van der Waals surface area (Å²) in [6.45, 7) is 5.45. The molecule has 5 heteroatoms. The molecule has 1 aromatic carbocycles. The SMILES string of the molecule is CC(C)(C)OC(=O)N(N)C1CCC(C#N)(c2ccccc2)CC1. The van der Waals surface area contributed by atoms with Crippen LogP contribution in [0, 0.1) is 11.3 Å². The van der Waals surface area contributed by atoms with Gasteiger partial charge >= 0.3 is 6.09 Å². The van der Waals surface area contributed by atoms with E-state index in [1.54, 1.807) is 0 Å². The van der Waals surface area contributed by atoms with Crippen molar-refractivity contribution in [2.75, 3.05) is 0 Å². The number of nitrogens with two attached hydrogens (primary N) is 1. The van der Waals surface area contributed by atoms with Crippen LogP contribution in [0.15, 0.2) is 30.3 Å². The van der Waals surface area contributed by atoms with E-state index in [1.165, 1.54) is 5.01 Å². The Morgan fingerprint density at radius 2 is 1.87 bits per heavy atom. The van der Waals surface area contributed by atoms with Crippen LogP contribution in [0.1, 0.15) is 52.0 Å². The minimum Gasteiger partial charge on any atom is -0.443 e. The number of nitriles is 1. The second kappa shape index (κ2) is 6.59. The van der Waals surface area contributed by atoms with Gasteiger partial charge in [0.2, 0.25) is 0 Å². The van der Waals surface area contributed by atoms with Gasteiger partial charge in [-0.2, -0.15) is 5.26 Å². The van der Waals surface area contributed by atoms with Crippen LogP contribution < -0.4 is 5.84 Å². The van der Waals surface area contributed by atoms with Gasteiger partial charge in [0.25, 0.3) is 0 Å². The molecule has 0 atom stereocenters. The van der Waals surface area contributed by atoms with Gasteiger partial charge in [0.05, 0.1) is 17.5 Å². The van der Waals surface area contributed by atoms with Gasteiger partial charge in [-0.1, -0.05) is 30.3 Å². The van der Waals surface area contributed by atoms with E-state index in [2.05, 4.69) is 6.07 Å². The first-order valence-corrected chi connectivity index (χ1v) is 8.01. The maximum absolute atomic E-state index is 12.1. The second-order valence-electron chi connectivity index (χ2n) is 7.18. The third kappa shape index (κ3) is 4.02. The summed E-state index contributed by atoms with van der Waals surface area (Å²) in [5, 5.41) is 10.9. The van der Waals surface area contributed by atoms with Gasteiger partial charge in [0.1, 0.15) is 5.60 Å². The van der Waals surface area contributed by atoms with Crippen LogP contribution in [0.2, 0.25) is 0 Å². The van der Waals surface area contributed by atoms with Crippen LogP contribution in [0.3, 0.4) is 0 Å². The fourth-order valence-corrected chi connectivity index (χ4v) is 3.06. The van der Waals surface area contributed by atoms with E-state index in [-0.39, 0.29) is 6.04 Å². The van der Waals surface area contributed by atoms with Gasteiger partial charge in [-0.3, -0.25) is 0 Å². The Kier molecular flexibility index (Phi) is 4.96. The number of hydrazine groups is 1. The number of amides is 1. The molecule has 2 N–H and O–H groups in total. The van der Waals surface area contributed by atoms with Crippen molar-refractivity contribution in [2.24, 2.45) is 5.84 Å². The quantitative estimate of drug-likeness (QED) is 0.514. The lowest BCUT2D eigenvalue weighted by Gasteiger charge is -2.38. The number of benzene rings is 1. The van der Waals surface area contributed by atoms with E-state index in [1.807, 2.05) is 51.1 Å². The summed E-state index contributed by atoms with van der Waals surface area (Å²) in [6.07, 6.45) is 2.26. The lowest BCUT2D eigenvalue weighted by Crippen LogP contribution is -2.50. The van der Waals surface area contributed by atoms with E-state index in [9.17, 15) is 10.1 Å². The van der Waals surface area contributed by atoms with Crippen LogP contribution in [-0.4, -0.2) is 22.7 Å². The Balaban J connectivity index is 2.03. The van der Waals surface area contributed by atoms with Crippen molar-refractivity contribution in [3.8, 4) is 6.07 Å². The predicted octanol–water partition coefficient (Wildman–Crippen LogP) is 3.50. The maximum atomic E-state index is 12.1. The van der Waals surface area contributed by atoms with Crippen LogP contribution >= 0.6 is 0 Å². The Morgan fingerprint density at radius 3 is 2.35 bits per heavy atom. The van der Waals surface area contributed by atoms with E-state index >= 15 is 0 Å². The first kappa shape index (κ1) is 17.3. The predicted molar refractivity (Wildman–Crippen MR) is 88.2 cm³/mol. The molecule has 0 radical (unpaired) electrons. The van der Waals surface area contributed by atoms with Crippen molar-refractivity contribution in [1.29, 1.82) is 5.26 Å². The number of carbonyl (C=O) groups excluding carboxylic acids is 1. The smallest absolute Gasteiger partial charge is 0.424 e. The molecule has 0 spiro atoms. The highest BCUT2D eigenvalue weighted by atomic mass is 16.6. The molecule has 23 heavy (non-hydrogen) atoms. The zero-order chi connectivity index (χ0) is 17.1. The molecule has 0 aromatic heterocycles. The van der Waals surface area contributed by atoms with Crippen LogP contribution in [0.5, 0.6) is 0 Å². The zero-order valence-corrected chi connectivity index (χ0v) is 14.1. The van der Waals surface area contributed by atoms with Crippen LogP contribution in [0.25, 0.3) is 0 Å². The molecule has 0 heterocycles. The van der Waals surface area contributed by atoms with E-state index in [4.69, 9.17) is 10.6 Å². The Hall–Kier alpha value is -2.06. The molecule has 1 amide bonds. The summed E-state index contributed by atoms with van der Waals surface area (Å²) < 4.78 is 5.31. The highest BCUT2D eigenvalue weighted by molar-refractivity contribution is 5.67. The third-order valence-electron chi connectivity index (χ3n) is 4.35. The van der Waals surface area contributed by atoms with Crippen molar-refractivity contribution in [3.05, 3.63) is 35.9 Å². The van der Waals surface area contributed by atoms with Crippen molar-refractivity contribution in [2.45, 2.75) is 63.5 Å². The Bertz CT molecular complexity index is 579. The first-order valence-electron chi connectivity index (χ1n) is 8.01. The van der Waals surface area contributed by atoms with E-state index < -0.39 is 17.1 Å². The Labute approximate surface area is 138 Å². The number of ether oxygens (including phenoxy) is 1. The first-order chi connectivity index (χ1) is 10.8. The molecule has 124 valence electrons. The summed E-state index contributed by atoms with van der Waals surface area (Å²) in [4.78, 5) is 12.1. The Morgan fingerprint density at radius 1 is 1.30 bits per heavy atom. The highest BCUT2D eigenvalue weighted by Gasteiger charge is 2.39. The van der Waals surface area contributed by atoms with Gasteiger partial charge < -0.3 is 4.74 Å². The second-order valence-corrected chi connectivity index (χ2v) is 7.18. The molecule has 0 saturated heterocycles. The molecule has 1 aliphatic carbocycles. The van der Waals surface area contributed by atoms with Gasteiger partial charge in [-0.15, -0.1) is 0 Å². The average Bonchev–Trinajstić information content (AvgIpc) is 2.53. The number of nitrogens with zero attached hydrogens (tertiary/aromatic N) is 2. The van der Waals surface area contributed by atoms with Gasteiger partial charge in [-0.25, -0.2) is 15.6 Å². The number of hydrogen-bond donors (Lipinski definition) is 1. The standard InChI is InChI=1S/C18H25N3O2/c1-17(2,3)23-16(22)21(20)15-9-11-18(13-19,12-10-15)14-7-5-4-6-8-14/h4-8,15H,9-12,20H2,1-3H3. The van der Waals surface area contributed by atoms with Crippen molar-refractivity contribution in [1.82, 2.24) is 5.01 Å². The van der Waals surface area contributed by atoms with Crippen molar-refractivity contribution in [3.63, 3.8) is 0 Å². The lowest BCUT2D eigenvalue weighted by atomic mass is 9.69. The molecule has 0 aliphatic heterocycles. The van der Waals surface area contributed by atoms with E-state index in [0.29, 0.717) is 25.7 Å². The number of carbonyl (C=O) groups is 1. The molecule has 1 aromatic rings. The van der Waals surface area contributed by atoms with Gasteiger partial charge in [-0.05, 0) is 52.0 Å². The summed E-state index contributed by atoms with van der Waals surface area (Å²) in [7, 11) is 0. The largest absolute Gasteiger partial charge is 0.443 e. The van der Waals surface area contributed by atoms with Gasteiger partial charge in [0, 0.05) is 0 Å². The van der Waals surface area contributed by atoms with Crippen LogP contribution in [0.4, 0.5) is 4.79 Å². The summed E-state index contributed by atoms with van der Waals surface area (Å²) in [5.74, 6) is 5.94.